The Bertz CT molecular complexity index is 684. The average Bonchev–Trinajstić information content (AvgIpc) is 2.92. The van der Waals surface area contributed by atoms with Crippen LogP contribution in [0, 0.1) is 12.7 Å². The van der Waals surface area contributed by atoms with Gasteiger partial charge in [-0.3, -0.25) is 0 Å². The lowest BCUT2D eigenvalue weighted by atomic mass is 10.1. The lowest BCUT2D eigenvalue weighted by Crippen LogP contribution is -2.38. The molecule has 0 bridgehead atoms. The van der Waals surface area contributed by atoms with Crippen molar-refractivity contribution in [3.05, 3.63) is 53.2 Å². The molecule has 1 atom stereocenters. The van der Waals surface area contributed by atoms with Gasteiger partial charge in [-0.1, -0.05) is 6.07 Å². The highest BCUT2D eigenvalue weighted by atomic mass is 19.1. The molecule has 6 heteroatoms. The molecule has 2 aromatic rings. The molecule has 0 aliphatic carbocycles. The molecule has 0 fully saturated rings. The number of carbonyl (C=O) groups is 1. The van der Waals surface area contributed by atoms with Crippen molar-refractivity contribution in [2.75, 3.05) is 14.2 Å². The number of carbonyl (C=O) groups excluding carboxylic acids is 1. The first kappa shape index (κ1) is 16.9. The SMILES string of the molecule is COc1ccc([C@@H](C)NC(=O)N(C)Cc2ccc(C)o2)cc1F. The molecule has 0 saturated carbocycles. The Morgan fingerprint density at radius 3 is 2.70 bits per heavy atom. The third-order valence-electron chi connectivity index (χ3n) is 3.55. The monoisotopic (exact) mass is 320 g/mol. The minimum atomic E-state index is -0.453. The van der Waals surface area contributed by atoms with Crippen LogP contribution in [-0.4, -0.2) is 25.1 Å². The van der Waals surface area contributed by atoms with E-state index in [2.05, 4.69) is 5.32 Å². The van der Waals surface area contributed by atoms with Gasteiger partial charge < -0.3 is 19.4 Å². The lowest BCUT2D eigenvalue weighted by molar-refractivity contribution is 0.199. The number of nitrogens with zero attached hydrogens (tertiary/aromatic N) is 1. The van der Waals surface area contributed by atoms with Crippen molar-refractivity contribution in [1.82, 2.24) is 10.2 Å². The van der Waals surface area contributed by atoms with Gasteiger partial charge in [0.2, 0.25) is 0 Å². The molecular weight excluding hydrogens is 299 g/mol. The van der Waals surface area contributed by atoms with Gasteiger partial charge in [-0.25, -0.2) is 9.18 Å². The Morgan fingerprint density at radius 1 is 1.39 bits per heavy atom. The third kappa shape index (κ3) is 4.25. The number of urea groups is 1. The number of benzene rings is 1. The number of aryl methyl sites for hydroxylation is 1. The number of amides is 2. The van der Waals surface area contributed by atoms with Crippen molar-refractivity contribution in [3.63, 3.8) is 0 Å². The topological polar surface area (TPSA) is 54.7 Å². The van der Waals surface area contributed by atoms with E-state index < -0.39 is 5.82 Å². The zero-order valence-electron chi connectivity index (χ0n) is 13.7. The number of ether oxygens (including phenoxy) is 1. The van der Waals surface area contributed by atoms with Crippen molar-refractivity contribution >= 4 is 6.03 Å². The average molecular weight is 320 g/mol. The molecule has 2 amide bonds. The second-order valence-corrected chi connectivity index (χ2v) is 5.43. The number of hydrogen-bond donors (Lipinski definition) is 1. The number of methoxy groups -OCH3 is 1. The van der Waals surface area contributed by atoms with Crippen molar-refractivity contribution in [2.45, 2.75) is 26.4 Å². The van der Waals surface area contributed by atoms with Gasteiger partial charge in [0.1, 0.15) is 11.5 Å². The molecular formula is C17H21FN2O3. The number of furan rings is 1. The summed E-state index contributed by atoms with van der Waals surface area (Å²) in [5.74, 6) is 1.24. The molecule has 1 aromatic carbocycles. The second-order valence-electron chi connectivity index (χ2n) is 5.43. The molecule has 1 N–H and O–H groups in total. The summed E-state index contributed by atoms with van der Waals surface area (Å²) < 4.78 is 24.1. The number of nitrogens with one attached hydrogen (secondary N) is 1. The third-order valence-corrected chi connectivity index (χ3v) is 3.55. The molecule has 1 heterocycles. The summed E-state index contributed by atoms with van der Waals surface area (Å²) in [6.07, 6.45) is 0. The number of rotatable bonds is 5. The van der Waals surface area contributed by atoms with Gasteiger partial charge in [0.25, 0.3) is 0 Å². The van der Waals surface area contributed by atoms with Crippen LogP contribution in [0.4, 0.5) is 9.18 Å². The Balaban J connectivity index is 1.97. The van der Waals surface area contributed by atoms with Gasteiger partial charge >= 0.3 is 6.03 Å². The summed E-state index contributed by atoms with van der Waals surface area (Å²) in [7, 11) is 3.09. The fraction of sp³-hybridized carbons (Fsp3) is 0.353. The lowest BCUT2D eigenvalue weighted by Gasteiger charge is -2.21. The van der Waals surface area contributed by atoms with Crippen LogP contribution in [0.1, 0.15) is 30.0 Å². The molecule has 1 aromatic heterocycles. The van der Waals surface area contributed by atoms with E-state index in [-0.39, 0.29) is 17.8 Å². The highest BCUT2D eigenvalue weighted by Gasteiger charge is 2.16. The Kier molecular flexibility index (Phi) is 5.26. The van der Waals surface area contributed by atoms with Crippen LogP contribution >= 0.6 is 0 Å². The van der Waals surface area contributed by atoms with Crippen LogP contribution in [0.5, 0.6) is 5.75 Å². The number of hydrogen-bond acceptors (Lipinski definition) is 3. The van der Waals surface area contributed by atoms with Crippen LogP contribution in [0.2, 0.25) is 0 Å². The van der Waals surface area contributed by atoms with E-state index >= 15 is 0 Å². The normalized spacial score (nSPS) is 11.9. The van der Waals surface area contributed by atoms with E-state index in [0.29, 0.717) is 17.9 Å². The van der Waals surface area contributed by atoms with E-state index in [9.17, 15) is 9.18 Å². The summed E-state index contributed by atoms with van der Waals surface area (Å²) >= 11 is 0. The Morgan fingerprint density at radius 2 is 2.13 bits per heavy atom. The molecule has 124 valence electrons. The van der Waals surface area contributed by atoms with E-state index in [4.69, 9.17) is 9.15 Å². The van der Waals surface area contributed by atoms with E-state index in [0.717, 1.165) is 5.76 Å². The Labute approximate surface area is 135 Å². The molecule has 2 rings (SSSR count). The summed E-state index contributed by atoms with van der Waals surface area (Å²) in [6.45, 7) is 4.01. The molecule has 0 aliphatic heterocycles. The minimum absolute atomic E-state index is 0.178. The first-order valence-electron chi connectivity index (χ1n) is 7.31. The smallest absolute Gasteiger partial charge is 0.318 e. The maximum Gasteiger partial charge on any atom is 0.318 e. The van der Waals surface area contributed by atoms with E-state index in [1.165, 1.54) is 18.1 Å². The first-order valence-corrected chi connectivity index (χ1v) is 7.31. The molecule has 0 spiro atoms. The van der Waals surface area contributed by atoms with Crippen molar-refractivity contribution in [3.8, 4) is 5.75 Å². The zero-order valence-corrected chi connectivity index (χ0v) is 13.7. The van der Waals surface area contributed by atoms with E-state index in [1.807, 2.05) is 19.1 Å². The van der Waals surface area contributed by atoms with Gasteiger partial charge in [-0.2, -0.15) is 0 Å². The first-order chi connectivity index (χ1) is 10.9. The molecule has 0 radical (unpaired) electrons. The summed E-state index contributed by atoms with van der Waals surface area (Å²) in [5.41, 5.74) is 0.666. The van der Waals surface area contributed by atoms with Gasteiger partial charge in [0.05, 0.1) is 19.7 Å². The maximum atomic E-state index is 13.7. The zero-order chi connectivity index (χ0) is 17.0. The minimum Gasteiger partial charge on any atom is -0.494 e. The highest BCUT2D eigenvalue weighted by molar-refractivity contribution is 5.74. The van der Waals surface area contributed by atoms with Crippen LogP contribution in [0.25, 0.3) is 0 Å². The molecule has 5 nitrogen and oxygen atoms in total. The van der Waals surface area contributed by atoms with Crippen LogP contribution in [0.15, 0.2) is 34.7 Å². The second kappa shape index (κ2) is 7.17. The largest absolute Gasteiger partial charge is 0.494 e. The molecule has 23 heavy (non-hydrogen) atoms. The van der Waals surface area contributed by atoms with Gasteiger partial charge in [-0.05, 0) is 43.7 Å². The van der Waals surface area contributed by atoms with Gasteiger partial charge in [0.15, 0.2) is 11.6 Å². The molecule has 0 unspecified atom stereocenters. The summed E-state index contributed by atoms with van der Waals surface area (Å²) in [5, 5.41) is 2.83. The van der Waals surface area contributed by atoms with Crippen LogP contribution in [0.3, 0.4) is 0 Å². The fourth-order valence-corrected chi connectivity index (χ4v) is 2.21. The van der Waals surface area contributed by atoms with Crippen molar-refractivity contribution < 1.29 is 18.3 Å². The molecule has 0 saturated heterocycles. The van der Waals surface area contributed by atoms with Crippen LogP contribution in [-0.2, 0) is 6.54 Å². The van der Waals surface area contributed by atoms with E-state index in [1.54, 1.807) is 26.1 Å². The number of halogens is 1. The highest BCUT2D eigenvalue weighted by Crippen LogP contribution is 2.21. The summed E-state index contributed by atoms with van der Waals surface area (Å²) in [6, 6.07) is 7.72. The van der Waals surface area contributed by atoms with Crippen molar-refractivity contribution in [2.24, 2.45) is 0 Å². The van der Waals surface area contributed by atoms with Gasteiger partial charge in [-0.15, -0.1) is 0 Å². The fourth-order valence-electron chi connectivity index (χ4n) is 2.21. The van der Waals surface area contributed by atoms with Crippen LogP contribution < -0.4 is 10.1 Å². The molecule has 0 aliphatic rings. The quantitative estimate of drug-likeness (QED) is 0.915. The van der Waals surface area contributed by atoms with Gasteiger partial charge in [0, 0.05) is 7.05 Å². The predicted molar refractivity (Wildman–Crippen MR) is 84.8 cm³/mol. The predicted octanol–water partition coefficient (Wildman–Crippen LogP) is 3.64. The summed E-state index contributed by atoms with van der Waals surface area (Å²) in [4.78, 5) is 13.7. The Hall–Kier alpha value is -2.50. The van der Waals surface area contributed by atoms with Crippen molar-refractivity contribution in [1.29, 1.82) is 0 Å². The standard InChI is InChI=1S/C17H21FN2O3/c1-11-5-7-14(23-11)10-20(3)17(21)19-12(2)13-6-8-16(22-4)15(18)9-13/h5-9,12H,10H2,1-4H3,(H,19,21)/t12-/m1/s1. The maximum absolute atomic E-state index is 13.7.